The van der Waals surface area contributed by atoms with Crippen LogP contribution in [0.3, 0.4) is 0 Å². The highest BCUT2D eigenvalue weighted by Crippen LogP contribution is 2.59. The smallest absolute Gasteiger partial charge is 0.226 e. The van der Waals surface area contributed by atoms with Crippen LogP contribution in [0.4, 0.5) is 0 Å². The van der Waals surface area contributed by atoms with Crippen molar-refractivity contribution >= 4 is 17.5 Å². The molecule has 2 fully saturated rings. The van der Waals surface area contributed by atoms with E-state index in [4.69, 9.17) is 11.6 Å². The van der Waals surface area contributed by atoms with Gasteiger partial charge in [0.1, 0.15) is 11.5 Å². The summed E-state index contributed by atoms with van der Waals surface area (Å²) in [6.45, 7) is 8.14. The first-order valence-electron chi connectivity index (χ1n) is 10.4. The predicted octanol–water partition coefficient (Wildman–Crippen LogP) is 5.58. The lowest BCUT2D eigenvalue weighted by molar-refractivity contribution is -0.129. The Morgan fingerprint density at radius 1 is 1.07 bits per heavy atom. The van der Waals surface area contributed by atoms with E-state index in [1.807, 2.05) is 32.0 Å². The molecule has 5 unspecified atom stereocenters. The number of fused-ring (bicyclic) bond motifs is 1. The lowest BCUT2D eigenvalue weighted by atomic mass is 9.56. The molecule has 2 aromatic carbocycles. The van der Waals surface area contributed by atoms with E-state index in [1.165, 1.54) is 0 Å². The number of aromatic hydroxyl groups is 2. The Morgan fingerprint density at radius 3 is 2.31 bits per heavy atom. The third kappa shape index (κ3) is 3.71. The molecule has 4 nitrogen and oxygen atoms in total. The van der Waals surface area contributed by atoms with E-state index in [2.05, 4.69) is 19.2 Å². The SMILES string of the molecule is CC.CC1NC(=O)C2(C)CCC(c3ccc(O)cc3Cl)C(c3ccc(O)cc3)C12. The van der Waals surface area contributed by atoms with Crippen LogP contribution in [-0.2, 0) is 4.79 Å². The quantitative estimate of drug-likeness (QED) is 0.599. The highest BCUT2D eigenvalue weighted by Gasteiger charge is 2.57. The number of phenols is 2. The van der Waals surface area contributed by atoms with Crippen molar-refractivity contribution in [1.82, 2.24) is 5.32 Å². The first-order chi connectivity index (χ1) is 13.8. The van der Waals surface area contributed by atoms with E-state index in [9.17, 15) is 15.0 Å². The maximum Gasteiger partial charge on any atom is 0.226 e. The second kappa shape index (κ2) is 8.27. The molecule has 1 saturated carbocycles. The van der Waals surface area contributed by atoms with Gasteiger partial charge in [-0.25, -0.2) is 0 Å². The number of nitrogens with one attached hydrogen (secondary N) is 1. The van der Waals surface area contributed by atoms with Gasteiger partial charge in [-0.05, 0) is 67.0 Å². The molecule has 0 radical (unpaired) electrons. The van der Waals surface area contributed by atoms with Crippen LogP contribution in [0.15, 0.2) is 42.5 Å². The van der Waals surface area contributed by atoms with Crippen molar-refractivity contribution in [2.75, 3.05) is 0 Å². The van der Waals surface area contributed by atoms with Gasteiger partial charge in [0.15, 0.2) is 0 Å². The predicted molar refractivity (Wildman–Crippen MR) is 116 cm³/mol. The zero-order valence-corrected chi connectivity index (χ0v) is 18.2. The number of phenolic OH excluding ortho intramolecular Hbond substituents is 2. The van der Waals surface area contributed by atoms with Crippen molar-refractivity contribution in [3.8, 4) is 11.5 Å². The van der Waals surface area contributed by atoms with Crippen molar-refractivity contribution in [2.24, 2.45) is 11.3 Å². The van der Waals surface area contributed by atoms with Gasteiger partial charge in [0.25, 0.3) is 0 Å². The van der Waals surface area contributed by atoms with Crippen LogP contribution in [0.25, 0.3) is 0 Å². The number of rotatable bonds is 2. The van der Waals surface area contributed by atoms with Crippen molar-refractivity contribution < 1.29 is 15.0 Å². The minimum Gasteiger partial charge on any atom is -0.508 e. The average molecular weight is 416 g/mol. The molecule has 0 spiro atoms. The maximum absolute atomic E-state index is 12.7. The molecule has 29 heavy (non-hydrogen) atoms. The van der Waals surface area contributed by atoms with Gasteiger partial charge in [-0.15, -0.1) is 0 Å². The molecule has 5 heteroatoms. The summed E-state index contributed by atoms with van der Waals surface area (Å²) in [4.78, 5) is 12.7. The normalized spacial score (nSPS) is 30.7. The fourth-order valence-electron chi connectivity index (χ4n) is 5.34. The molecule has 1 heterocycles. The number of benzene rings is 2. The minimum absolute atomic E-state index is 0.0555. The van der Waals surface area contributed by atoms with E-state index in [0.717, 1.165) is 24.0 Å². The number of carbonyl (C=O) groups is 1. The van der Waals surface area contributed by atoms with Gasteiger partial charge in [-0.3, -0.25) is 4.79 Å². The largest absolute Gasteiger partial charge is 0.508 e. The van der Waals surface area contributed by atoms with E-state index in [-0.39, 0.29) is 41.2 Å². The van der Waals surface area contributed by atoms with Gasteiger partial charge in [0.2, 0.25) is 5.91 Å². The van der Waals surface area contributed by atoms with Crippen LogP contribution in [0.2, 0.25) is 5.02 Å². The topological polar surface area (TPSA) is 69.6 Å². The molecular weight excluding hydrogens is 386 g/mol. The Labute approximate surface area is 177 Å². The Hall–Kier alpha value is -2.20. The summed E-state index contributed by atoms with van der Waals surface area (Å²) in [6.07, 6.45) is 1.63. The van der Waals surface area contributed by atoms with Crippen LogP contribution in [0, 0.1) is 11.3 Å². The zero-order valence-electron chi connectivity index (χ0n) is 17.4. The highest BCUT2D eigenvalue weighted by molar-refractivity contribution is 6.31. The molecule has 5 atom stereocenters. The number of hydrogen-bond acceptors (Lipinski definition) is 3. The Balaban J connectivity index is 0.00000117. The lowest BCUT2D eigenvalue weighted by Gasteiger charge is -2.46. The molecule has 4 rings (SSSR count). The summed E-state index contributed by atoms with van der Waals surface area (Å²) in [7, 11) is 0. The van der Waals surface area contributed by atoms with Crippen LogP contribution in [0.1, 0.15) is 63.5 Å². The highest BCUT2D eigenvalue weighted by atomic mass is 35.5. The average Bonchev–Trinajstić information content (AvgIpc) is 2.93. The van der Waals surface area contributed by atoms with E-state index in [0.29, 0.717) is 5.02 Å². The summed E-state index contributed by atoms with van der Waals surface area (Å²) in [5, 5.41) is 23.2. The summed E-state index contributed by atoms with van der Waals surface area (Å²) in [6, 6.07) is 12.5. The molecular formula is C24H30ClNO3. The molecule has 2 aliphatic rings. The summed E-state index contributed by atoms with van der Waals surface area (Å²) in [5.74, 6) is 0.843. The van der Waals surface area contributed by atoms with Crippen LogP contribution in [-0.4, -0.2) is 22.2 Å². The minimum atomic E-state index is -0.415. The van der Waals surface area contributed by atoms with Gasteiger partial charge in [0.05, 0.1) is 5.41 Å². The summed E-state index contributed by atoms with van der Waals surface area (Å²) >= 11 is 6.50. The first kappa shape index (κ1) is 21.5. The third-order valence-corrected chi connectivity index (χ3v) is 6.94. The van der Waals surface area contributed by atoms with Crippen molar-refractivity contribution in [2.45, 2.75) is 58.4 Å². The molecule has 3 N–H and O–H groups in total. The maximum atomic E-state index is 12.7. The molecule has 0 aromatic heterocycles. The summed E-state index contributed by atoms with van der Waals surface area (Å²) < 4.78 is 0. The van der Waals surface area contributed by atoms with Gasteiger partial charge in [-0.1, -0.05) is 50.6 Å². The molecule has 1 aliphatic heterocycles. The van der Waals surface area contributed by atoms with Crippen LogP contribution < -0.4 is 5.32 Å². The van der Waals surface area contributed by atoms with Gasteiger partial charge >= 0.3 is 0 Å². The number of halogens is 1. The molecule has 1 saturated heterocycles. The standard InChI is InChI=1S/C22H24ClNO3.C2H6/c1-12-20-19(13-3-5-14(25)6-4-13)17(9-10-22(20,2)21(27)24-12)16-8-7-15(26)11-18(16)23;1-2/h3-8,11-12,17,19-20,25-26H,9-10H2,1-2H3,(H,24,27);1-2H3. The second-order valence-corrected chi connectivity index (χ2v) is 8.58. The fraction of sp³-hybridized carbons (Fsp3) is 0.458. The van der Waals surface area contributed by atoms with Gasteiger partial charge in [-0.2, -0.15) is 0 Å². The molecule has 0 bridgehead atoms. The molecule has 156 valence electrons. The van der Waals surface area contributed by atoms with E-state index >= 15 is 0 Å². The van der Waals surface area contributed by atoms with Crippen LogP contribution in [0.5, 0.6) is 11.5 Å². The van der Waals surface area contributed by atoms with Crippen molar-refractivity contribution in [3.05, 3.63) is 58.6 Å². The number of hydrogen-bond donors (Lipinski definition) is 3. The van der Waals surface area contributed by atoms with Crippen molar-refractivity contribution in [1.29, 1.82) is 0 Å². The molecule has 1 amide bonds. The monoisotopic (exact) mass is 415 g/mol. The fourth-order valence-corrected chi connectivity index (χ4v) is 5.65. The van der Waals surface area contributed by atoms with E-state index in [1.54, 1.807) is 24.3 Å². The van der Waals surface area contributed by atoms with Gasteiger partial charge < -0.3 is 15.5 Å². The first-order valence-corrected chi connectivity index (χ1v) is 10.8. The molecule has 1 aliphatic carbocycles. The summed E-state index contributed by atoms with van der Waals surface area (Å²) in [5.41, 5.74) is 1.68. The molecule has 2 aromatic rings. The Morgan fingerprint density at radius 2 is 1.69 bits per heavy atom. The number of carbonyl (C=O) groups excluding carboxylic acids is 1. The van der Waals surface area contributed by atoms with E-state index < -0.39 is 5.41 Å². The Bertz CT molecular complexity index is 882. The van der Waals surface area contributed by atoms with Gasteiger partial charge in [0, 0.05) is 17.0 Å². The van der Waals surface area contributed by atoms with Crippen molar-refractivity contribution in [3.63, 3.8) is 0 Å². The lowest BCUT2D eigenvalue weighted by Crippen LogP contribution is -2.42. The second-order valence-electron chi connectivity index (χ2n) is 8.17. The zero-order chi connectivity index (χ0) is 21.3. The van der Waals surface area contributed by atoms with Crippen LogP contribution >= 0.6 is 11.6 Å². The third-order valence-electron chi connectivity index (χ3n) is 6.61. The number of amides is 1. The Kier molecular flexibility index (Phi) is 6.13.